The molecule has 146 valence electrons. The van der Waals surface area contributed by atoms with E-state index in [0.29, 0.717) is 23.3 Å². The van der Waals surface area contributed by atoms with Crippen LogP contribution >= 0.6 is 0 Å². The van der Waals surface area contributed by atoms with E-state index in [0.717, 1.165) is 22.5 Å². The van der Waals surface area contributed by atoms with Gasteiger partial charge in [-0.05, 0) is 38.5 Å². The zero-order valence-corrected chi connectivity index (χ0v) is 16.7. The topological polar surface area (TPSA) is 64.7 Å². The van der Waals surface area contributed by atoms with Gasteiger partial charge in [0.1, 0.15) is 11.4 Å². The zero-order valence-electron chi connectivity index (χ0n) is 16.7. The first-order chi connectivity index (χ1) is 13.8. The number of nitro groups is 1. The quantitative estimate of drug-likeness (QED) is 0.395. The van der Waals surface area contributed by atoms with Crippen LogP contribution in [0.15, 0.2) is 71.7 Å². The summed E-state index contributed by atoms with van der Waals surface area (Å²) in [5.74, 6) is 0.643. The largest absolute Gasteiger partial charge is 0.486 e. The van der Waals surface area contributed by atoms with Crippen LogP contribution in [0.25, 0.3) is 11.1 Å². The first kappa shape index (κ1) is 18.9. The van der Waals surface area contributed by atoms with Gasteiger partial charge in [0.15, 0.2) is 0 Å². The number of rotatable bonds is 3. The van der Waals surface area contributed by atoms with Crippen LogP contribution in [0.3, 0.4) is 0 Å². The Bertz CT molecular complexity index is 1100. The summed E-state index contributed by atoms with van der Waals surface area (Å²) in [6, 6.07) is 20.7. The predicted molar refractivity (Wildman–Crippen MR) is 115 cm³/mol. The number of benzene rings is 3. The molecule has 29 heavy (non-hydrogen) atoms. The summed E-state index contributed by atoms with van der Waals surface area (Å²) in [5, 5.41) is 11.6. The average Bonchev–Trinajstić information content (AvgIpc) is 2.69. The molecule has 0 atom stereocenters. The number of fused-ring (bicyclic) bond motifs is 1. The molecular weight excluding hydrogens is 364 g/mol. The number of aryl methyl sites for hydroxylation is 1. The fourth-order valence-electron chi connectivity index (χ4n) is 3.56. The molecule has 0 fully saturated rings. The average molecular weight is 386 g/mol. The lowest BCUT2D eigenvalue weighted by Gasteiger charge is -2.34. The molecule has 5 nitrogen and oxygen atoms in total. The van der Waals surface area contributed by atoms with Gasteiger partial charge in [-0.2, -0.15) is 0 Å². The third kappa shape index (κ3) is 3.90. The van der Waals surface area contributed by atoms with E-state index in [1.165, 1.54) is 0 Å². The third-order valence-corrected chi connectivity index (χ3v) is 4.95. The van der Waals surface area contributed by atoms with Gasteiger partial charge in [0.2, 0.25) is 0 Å². The number of nitro benzene ring substituents is 1. The minimum Gasteiger partial charge on any atom is -0.486 e. The van der Waals surface area contributed by atoms with Crippen molar-refractivity contribution < 1.29 is 9.66 Å². The maximum Gasteiger partial charge on any atom is 0.270 e. The molecule has 3 aromatic rings. The van der Waals surface area contributed by atoms with Gasteiger partial charge < -0.3 is 4.74 Å². The van der Waals surface area contributed by atoms with Crippen molar-refractivity contribution in [3.8, 4) is 16.9 Å². The number of nitrogens with zero attached hydrogens (tertiary/aromatic N) is 2. The van der Waals surface area contributed by atoms with Crippen LogP contribution in [0.1, 0.15) is 31.4 Å². The molecule has 0 aromatic heterocycles. The summed E-state index contributed by atoms with van der Waals surface area (Å²) in [5.41, 5.74) is 4.59. The van der Waals surface area contributed by atoms with E-state index in [-0.39, 0.29) is 10.6 Å². The Morgan fingerprint density at radius 1 is 1.00 bits per heavy atom. The Morgan fingerprint density at radius 3 is 2.31 bits per heavy atom. The molecule has 0 unspecified atom stereocenters. The van der Waals surface area contributed by atoms with Crippen LogP contribution in [-0.4, -0.2) is 16.2 Å². The Hall–Kier alpha value is -3.47. The molecule has 0 N–H and O–H groups in total. The van der Waals surface area contributed by atoms with Gasteiger partial charge >= 0.3 is 0 Å². The second-order valence-corrected chi connectivity index (χ2v) is 7.93. The van der Waals surface area contributed by atoms with E-state index in [2.05, 4.69) is 0 Å². The maximum atomic E-state index is 11.6. The summed E-state index contributed by atoms with van der Waals surface area (Å²) in [4.78, 5) is 16.1. The Kier molecular flexibility index (Phi) is 4.66. The zero-order chi connectivity index (χ0) is 20.6. The van der Waals surface area contributed by atoms with Crippen molar-refractivity contribution >= 4 is 17.1 Å². The number of hydrogen-bond donors (Lipinski definition) is 0. The second kappa shape index (κ2) is 7.17. The Labute approximate surface area is 169 Å². The monoisotopic (exact) mass is 386 g/mol. The van der Waals surface area contributed by atoms with Gasteiger partial charge in [-0.3, -0.25) is 15.1 Å². The Morgan fingerprint density at radius 2 is 1.66 bits per heavy atom. The highest BCUT2D eigenvalue weighted by Crippen LogP contribution is 2.43. The Balaban J connectivity index is 1.96. The van der Waals surface area contributed by atoms with Crippen molar-refractivity contribution in [3.63, 3.8) is 0 Å². The third-order valence-electron chi connectivity index (χ3n) is 4.95. The lowest BCUT2D eigenvalue weighted by molar-refractivity contribution is -0.384. The standard InChI is InChI=1S/C24H22N2O3/c1-16-9-11-18(12-10-16)25-22-15-24(2,3)29-23-20(17-7-5-4-6-8-17)13-19(26(27)28)14-21(22)23/h4-14H,15H2,1-3H3. The molecule has 0 spiro atoms. The molecular formula is C24H22N2O3. The lowest BCUT2D eigenvalue weighted by Crippen LogP contribution is -2.36. The van der Waals surface area contributed by atoms with Crippen LogP contribution in [0.2, 0.25) is 0 Å². The molecule has 1 aliphatic heterocycles. The van der Waals surface area contributed by atoms with Gasteiger partial charge in [0.05, 0.1) is 16.3 Å². The van der Waals surface area contributed by atoms with Crippen LogP contribution in [0.5, 0.6) is 5.75 Å². The first-order valence-electron chi connectivity index (χ1n) is 9.54. The minimum atomic E-state index is -0.476. The van der Waals surface area contributed by atoms with Crippen molar-refractivity contribution in [2.75, 3.05) is 0 Å². The summed E-state index contributed by atoms with van der Waals surface area (Å²) < 4.78 is 6.32. The molecule has 0 saturated carbocycles. The van der Waals surface area contributed by atoms with E-state index in [9.17, 15) is 10.1 Å². The van der Waals surface area contributed by atoms with Gasteiger partial charge in [0.25, 0.3) is 5.69 Å². The summed E-state index contributed by atoms with van der Waals surface area (Å²) in [7, 11) is 0. The minimum absolute atomic E-state index is 0.0301. The highest BCUT2D eigenvalue weighted by molar-refractivity contribution is 6.08. The van der Waals surface area contributed by atoms with Crippen molar-refractivity contribution in [1.29, 1.82) is 0 Å². The smallest absolute Gasteiger partial charge is 0.270 e. The maximum absolute atomic E-state index is 11.6. The molecule has 1 heterocycles. The molecule has 0 radical (unpaired) electrons. The second-order valence-electron chi connectivity index (χ2n) is 7.93. The van der Waals surface area contributed by atoms with Gasteiger partial charge in [-0.15, -0.1) is 0 Å². The summed E-state index contributed by atoms with van der Waals surface area (Å²) >= 11 is 0. The van der Waals surface area contributed by atoms with Gasteiger partial charge in [0, 0.05) is 29.7 Å². The summed E-state index contributed by atoms with van der Waals surface area (Å²) in [6.07, 6.45) is 0.559. The van der Waals surface area contributed by atoms with E-state index in [1.54, 1.807) is 12.1 Å². The number of hydrogen-bond acceptors (Lipinski definition) is 4. The molecule has 0 amide bonds. The normalized spacial score (nSPS) is 16.2. The fraction of sp³-hybridized carbons (Fsp3) is 0.208. The highest BCUT2D eigenvalue weighted by atomic mass is 16.6. The molecule has 5 heteroatoms. The molecule has 0 aliphatic carbocycles. The summed E-state index contributed by atoms with van der Waals surface area (Å²) in [6.45, 7) is 6.05. The SMILES string of the molecule is Cc1ccc(N=C2CC(C)(C)Oc3c2cc([N+](=O)[O-])cc3-c2ccccc2)cc1. The van der Waals surface area contributed by atoms with E-state index in [1.807, 2.05) is 75.4 Å². The van der Waals surface area contributed by atoms with Crippen LogP contribution in [0.4, 0.5) is 11.4 Å². The highest BCUT2D eigenvalue weighted by Gasteiger charge is 2.34. The lowest BCUT2D eigenvalue weighted by atomic mass is 9.88. The number of non-ortho nitro benzene ring substituents is 1. The number of aliphatic imine (C=N–C) groups is 1. The van der Waals surface area contributed by atoms with E-state index in [4.69, 9.17) is 9.73 Å². The number of ether oxygens (including phenoxy) is 1. The molecule has 4 rings (SSSR count). The predicted octanol–water partition coefficient (Wildman–Crippen LogP) is 6.25. The molecule has 0 bridgehead atoms. The van der Waals surface area contributed by atoms with Crippen molar-refractivity contribution in [2.24, 2.45) is 4.99 Å². The van der Waals surface area contributed by atoms with Crippen molar-refractivity contribution in [1.82, 2.24) is 0 Å². The molecule has 3 aromatic carbocycles. The van der Waals surface area contributed by atoms with E-state index >= 15 is 0 Å². The first-order valence-corrected chi connectivity index (χ1v) is 9.54. The van der Waals surface area contributed by atoms with Crippen molar-refractivity contribution in [3.05, 3.63) is 88.0 Å². The molecule has 1 aliphatic rings. The van der Waals surface area contributed by atoms with Crippen LogP contribution in [-0.2, 0) is 0 Å². The van der Waals surface area contributed by atoms with Crippen LogP contribution in [0, 0.1) is 17.0 Å². The molecule has 0 saturated heterocycles. The van der Waals surface area contributed by atoms with Gasteiger partial charge in [-0.1, -0.05) is 48.0 Å². The fourth-order valence-corrected chi connectivity index (χ4v) is 3.56. The van der Waals surface area contributed by atoms with Crippen molar-refractivity contribution in [2.45, 2.75) is 32.8 Å². The van der Waals surface area contributed by atoms with Crippen LogP contribution < -0.4 is 4.74 Å². The van der Waals surface area contributed by atoms with Gasteiger partial charge in [-0.25, -0.2) is 0 Å². The van der Waals surface area contributed by atoms with E-state index < -0.39 is 5.60 Å².